The van der Waals surface area contributed by atoms with E-state index < -0.39 is 6.04 Å². The van der Waals surface area contributed by atoms with Crippen LogP contribution in [0.5, 0.6) is 0 Å². The molecule has 8 rings (SSSR count). The van der Waals surface area contributed by atoms with Crippen LogP contribution in [0, 0.1) is 58.2 Å². The molecule has 6 aliphatic carbocycles. The van der Waals surface area contributed by atoms with Crippen LogP contribution in [0.4, 0.5) is 4.79 Å². The molecular weight excluding hydrogens is 994 g/mol. The van der Waals surface area contributed by atoms with Crippen molar-refractivity contribution in [1.29, 1.82) is 0 Å². The minimum atomic E-state index is -0.559. The second-order valence-corrected chi connectivity index (χ2v) is 25.4. The van der Waals surface area contributed by atoms with E-state index in [0.717, 1.165) is 108 Å². The van der Waals surface area contributed by atoms with Crippen molar-refractivity contribution in [2.24, 2.45) is 58.2 Å². The number of ketones is 1. The lowest BCUT2D eigenvalue weighted by molar-refractivity contribution is -0.152. The number of halogens is 1. The number of rotatable bonds is 28. The SMILES string of the molecule is CN(CCOCCOCCOCCOCCOCCCCCC1CC(Cl)CC(NC(=O)NCC2CCC3C(=O)N(C4CCC(=O)NC4=O)CC3C2)C1)C(=O)CO[C@H]1CC[C@H]2[C@@H]3CC[C@H]4CC(=O)CC[C@]4(C)[C@H]3CC[C@]12C. The zero-order valence-corrected chi connectivity index (χ0v) is 47.1. The van der Waals surface area contributed by atoms with Crippen molar-refractivity contribution < 1.29 is 57.2 Å². The van der Waals surface area contributed by atoms with E-state index in [0.29, 0.717) is 121 Å². The predicted octanol–water partition coefficient (Wildman–Crippen LogP) is 6.84. The molecule has 430 valence electrons. The van der Waals surface area contributed by atoms with E-state index in [1.807, 2.05) is 7.05 Å². The van der Waals surface area contributed by atoms with E-state index in [1.165, 1.54) is 25.7 Å². The Kier molecular flexibility index (Phi) is 22.2. The Hall–Kier alpha value is -2.93. The molecule has 18 heteroatoms. The molecule has 0 spiro atoms. The lowest BCUT2D eigenvalue weighted by Gasteiger charge is -2.60. The van der Waals surface area contributed by atoms with Crippen LogP contribution in [0.3, 0.4) is 0 Å². The van der Waals surface area contributed by atoms with E-state index in [4.69, 9.17) is 40.0 Å². The van der Waals surface area contributed by atoms with Crippen LogP contribution in [0.15, 0.2) is 0 Å². The zero-order valence-electron chi connectivity index (χ0n) is 46.3. The molecule has 76 heavy (non-hydrogen) atoms. The number of carbonyl (C=O) groups excluding carboxylic acids is 6. The first kappa shape index (κ1) is 59.2. The molecule has 0 aromatic carbocycles. The van der Waals surface area contributed by atoms with Crippen LogP contribution in [-0.4, -0.2) is 168 Å². The van der Waals surface area contributed by atoms with Gasteiger partial charge in [0, 0.05) is 69.9 Å². The van der Waals surface area contributed by atoms with Gasteiger partial charge in [-0.3, -0.25) is 29.3 Å². The van der Waals surface area contributed by atoms with E-state index >= 15 is 0 Å². The molecular formula is C58H94ClN5O12. The van der Waals surface area contributed by atoms with Crippen molar-refractivity contribution in [3.63, 3.8) is 0 Å². The van der Waals surface area contributed by atoms with Gasteiger partial charge < -0.3 is 48.9 Å². The summed E-state index contributed by atoms with van der Waals surface area (Å²) >= 11 is 6.68. The fraction of sp³-hybridized carbons (Fsp3) is 0.897. The van der Waals surface area contributed by atoms with Gasteiger partial charge in [-0.25, -0.2) is 4.79 Å². The van der Waals surface area contributed by atoms with Gasteiger partial charge in [0.05, 0.1) is 65.6 Å². The van der Waals surface area contributed by atoms with Gasteiger partial charge in [0.25, 0.3) is 0 Å². The summed E-state index contributed by atoms with van der Waals surface area (Å²) in [5.74, 6) is 3.34. The molecule has 17 nitrogen and oxygen atoms in total. The fourth-order valence-electron chi connectivity index (χ4n) is 15.8. The van der Waals surface area contributed by atoms with Crippen molar-refractivity contribution in [3.8, 4) is 0 Å². The molecule has 8 fully saturated rings. The van der Waals surface area contributed by atoms with Gasteiger partial charge in [0.1, 0.15) is 18.4 Å². The third-order valence-electron chi connectivity index (χ3n) is 20.0. The lowest BCUT2D eigenvalue weighted by atomic mass is 9.45. The topological polar surface area (TPSA) is 200 Å². The van der Waals surface area contributed by atoms with Gasteiger partial charge in [0.2, 0.25) is 23.6 Å². The van der Waals surface area contributed by atoms with Crippen molar-refractivity contribution in [3.05, 3.63) is 0 Å². The number of fused-ring (bicyclic) bond motifs is 6. The number of carbonyl (C=O) groups is 6. The number of likely N-dealkylation sites (tertiary alicyclic amines) is 1. The summed E-state index contributed by atoms with van der Waals surface area (Å²) in [6, 6.07) is -0.676. The summed E-state index contributed by atoms with van der Waals surface area (Å²) < 4.78 is 34.9. The van der Waals surface area contributed by atoms with Crippen LogP contribution in [0.25, 0.3) is 0 Å². The largest absolute Gasteiger partial charge is 0.379 e. The Morgan fingerprint density at radius 1 is 0.724 bits per heavy atom. The number of alkyl halides is 1. The second kappa shape index (κ2) is 28.5. The van der Waals surface area contributed by atoms with Crippen molar-refractivity contribution in [2.45, 2.75) is 172 Å². The van der Waals surface area contributed by atoms with Crippen molar-refractivity contribution >= 4 is 47.0 Å². The van der Waals surface area contributed by atoms with Crippen LogP contribution < -0.4 is 16.0 Å². The molecule has 0 aromatic rings. The third kappa shape index (κ3) is 15.5. The van der Waals surface area contributed by atoms with Crippen LogP contribution in [0.2, 0.25) is 0 Å². The molecule has 2 aliphatic heterocycles. The zero-order chi connectivity index (χ0) is 53.7. The van der Waals surface area contributed by atoms with E-state index in [1.54, 1.807) is 9.80 Å². The number of hydrogen-bond donors (Lipinski definition) is 3. The summed E-state index contributed by atoms with van der Waals surface area (Å²) in [5, 5.41) is 8.70. The van der Waals surface area contributed by atoms with Crippen LogP contribution in [-0.2, 0) is 52.4 Å². The standard InChI is InChI=1S/C58H94ClN5O12/c1-57-18-16-45(65)34-42(57)9-11-47-48-12-14-51(58(48,2)19-17-49(47)57)76-38-53(67)63(3)20-22-72-24-26-74-28-30-75-29-27-73-25-23-71-21-6-4-5-7-39-32-43(59)35-44(33-39)61-56(70)60-36-40-8-10-46-41(31-40)37-64(55(46)69)50-13-15-52(66)62-54(50)68/h39-44,46-51H,4-38H2,1-3H3,(H2,60,61,70)(H,62,66,68)/t39?,40?,41?,42-,43?,44?,46?,47-,48-,49-,50?,51-,57-,58-/m0/s1. The predicted molar refractivity (Wildman–Crippen MR) is 286 cm³/mol. The van der Waals surface area contributed by atoms with Gasteiger partial charge in [-0.2, -0.15) is 0 Å². The summed E-state index contributed by atoms with van der Waals surface area (Å²) in [6.45, 7) is 11.7. The number of Topliss-reactive ketones (excluding diaryl/α,β-unsaturated/α-hetero) is 1. The average molecular weight is 1090 g/mol. The summed E-state index contributed by atoms with van der Waals surface area (Å²) in [5.41, 5.74) is 0.434. The first-order valence-electron chi connectivity index (χ1n) is 29.8. The Balaban J connectivity index is 0.558. The maximum Gasteiger partial charge on any atom is 0.315 e. The number of ether oxygens (including phenoxy) is 6. The van der Waals surface area contributed by atoms with Crippen LogP contribution in [0.1, 0.15) is 149 Å². The van der Waals surface area contributed by atoms with Gasteiger partial charge in [-0.05, 0) is 149 Å². The summed E-state index contributed by atoms with van der Waals surface area (Å²) in [6.07, 6.45) is 19.8. The van der Waals surface area contributed by atoms with Gasteiger partial charge >= 0.3 is 6.03 Å². The maximum atomic E-state index is 13.2. The Morgan fingerprint density at radius 3 is 2.17 bits per heavy atom. The monoisotopic (exact) mass is 1090 g/mol. The molecule has 3 N–H and O–H groups in total. The second-order valence-electron chi connectivity index (χ2n) is 24.8. The van der Waals surface area contributed by atoms with E-state index in [9.17, 15) is 28.8 Å². The highest BCUT2D eigenvalue weighted by Crippen LogP contribution is 2.66. The minimum absolute atomic E-state index is 0.00451. The molecule has 0 radical (unpaired) electrons. The molecule has 2 heterocycles. The molecule has 7 unspecified atom stereocenters. The number of nitrogens with zero attached hydrogens (tertiary/aromatic N) is 2. The fourth-order valence-corrected chi connectivity index (χ4v) is 16.2. The van der Waals surface area contributed by atoms with Crippen LogP contribution >= 0.6 is 11.6 Å². The number of piperidine rings is 1. The van der Waals surface area contributed by atoms with Gasteiger partial charge in [0.15, 0.2) is 0 Å². The van der Waals surface area contributed by atoms with Crippen molar-refractivity contribution in [1.82, 2.24) is 25.8 Å². The number of urea groups is 1. The Bertz CT molecular complexity index is 1950. The molecule has 0 bridgehead atoms. The Labute approximate surface area is 458 Å². The smallest absolute Gasteiger partial charge is 0.315 e. The minimum Gasteiger partial charge on any atom is -0.379 e. The summed E-state index contributed by atoms with van der Waals surface area (Å²) in [7, 11) is 1.82. The maximum absolute atomic E-state index is 13.2. The molecule has 14 atom stereocenters. The van der Waals surface area contributed by atoms with E-state index in [2.05, 4.69) is 29.8 Å². The quantitative estimate of drug-likeness (QED) is 0.0420. The number of amides is 6. The first-order valence-corrected chi connectivity index (χ1v) is 30.2. The highest BCUT2D eigenvalue weighted by molar-refractivity contribution is 6.20. The molecule has 8 aliphatic rings. The third-order valence-corrected chi connectivity index (χ3v) is 20.4. The lowest BCUT2D eigenvalue weighted by Crippen LogP contribution is -2.54. The molecule has 6 amide bonds. The van der Waals surface area contributed by atoms with E-state index in [-0.39, 0.29) is 83.4 Å². The number of likely N-dealkylation sites (N-methyl/N-ethyl adjacent to an activating group) is 1. The number of nitrogens with one attached hydrogen (secondary N) is 3. The normalized spacial score (nSPS) is 35.2. The summed E-state index contributed by atoms with van der Waals surface area (Å²) in [4.78, 5) is 78.9. The van der Waals surface area contributed by atoms with Crippen molar-refractivity contribution in [2.75, 3.05) is 99.4 Å². The number of unbranched alkanes of at least 4 members (excludes halogenated alkanes) is 2. The number of imide groups is 1. The first-order chi connectivity index (χ1) is 36.7. The molecule has 6 saturated carbocycles. The molecule has 0 aromatic heterocycles. The van der Waals surface area contributed by atoms with Gasteiger partial charge in [-0.15, -0.1) is 11.6 Å². The Morgan fingerprint density at radius 2 is 1.43 bits per heavy atom. The highest BCUT2D eigenvalue weighted by atomic mass is 35.5. The molecule has 2 saturated heterocycles. The highest BCUT2D eigenvalue weighted by Gasteiger charge is 2.60. The number of hydrogen-bond acceptors (Lipinski definition) is 12. The van der Waals surface area contributed by atoms with Gasteiger partial charge in [-0.1, -0.05) is 33.1 Å². The average Bonchev–Trinajstić information content (AvgIpc) is 3.96.